The number of nitrogens with zero attached hydrogens (tertiary/aromatic N) is 9. The van der Waals surface area contributed by atoms with Gasteiger partial charge in [0.25, 0.3) is 0 Å². The first-order valence-electron chi connectivity index (χ1n) is 5.49. The van der Waals surface area contributed by atoms with Gasteiger partial charge in [0.2, 0.25) is 0 Å². The van der Waals surface area contributed by atoms with Gasteiger partial charge in [0.05, 0.1) is 0 Å². The fourth-order valence-electron chi connectivity index (χ4n) is 2.03. The zero-order chi connectivity index (χ0) is 13.4. The Kier molecular flexibility index (Phi) is 6.45. The molecule has 0 heterocycles. The van der Waals surface area contributed by atoms with Gasteiger partial charge in [0.15, 0.2) is 0 Å². The summed E-state index contributed by atoms with van der Waals surface area (Å²) in [5.74, 6) is 0. The summed E-state index contributed by atoms with van der Waals surface area (Å²) in [7, 11) is 0. The summed E-state index contributed by atoms with van der Waals surface area (Å²) < 4.78 is 0.210. The van der Waals surface area contributed by atoms with Crippen LogP contribution in [0.4, 0.5) is 0 Å². The molecule has 0 saturated heterocycles. The molecular formula is C8H12IN9. The molecule has 0 aliphatic heterocycles. The minimum atomic E-state index is -0.355. The van der Waals surface area contributed by atoms with Crippen molar-refractivity contribution in [3.8, 4) is 0 Å². The highest BCUT2D eigenvalue weighted by Gasteiger charge is 2.28. The van der Waals surface area contributed by atoms with Gasteiger partial charge >= 0.3 is 0 Å². The van der Waals surface area contributed by atoms with Crippen molar-refractivity contribution in [2.75, 3.05) is 0 Å². The molecule has 10 heteroatoms. The van der Waals surface area contributed by atoms with Crippen molar-refractivity contribution in [1.82, 2.24) is 0 Å². The monoisotopic (exact) mass is 361 g/mol. The van der Waals surface area contributed by atoms with Crippen molar-refractivity contribution in [3.05, 3.63) is 31.3 Å². The molecular weight excluding hydrogens is 349 g/mol. The standard InChI is InChI=1S/C8H12IN9/c9-5-1-2-7(14-17-11)8(15-18-12)4-3-6(5)13-16-10/h5-8H,1-4H2/t5-,6-,7-,8-/m0/s1. The van der Waals surface area contributed by atoms with Gasteiger partial charge in [-0.1, -0.05) is 37.9 Å². The molecule has 0 radical (unpaired) electrons. The topological polar surface area (TPSA) is 146 Å². The smallest absolute Gasteiger partial charge is 0.0491 e. The molecule has 4 atom stereocenters. The third-order valence-corrected chi connectivity index (χ3v) is 4.41. The lowest BCUT2D eigenvalue weighted by Crippen LogP contribution is -2.30. The maximum absolute atomic E-state index is 8.53. The second kappa shape index (κ2) is 7.88. The largest absolute Gasteiger partial charge is 0.0902 e. The van der Waals surface area contributed by atoms with Gasteiger partial charge in [0, 0.05) is 36.8 Å². The Labute approximate surface area is 117 Å². The van der Waals surface area contributed by atoms with Crippen LogP contribution in [-0.4, -0.2) is 22.1 Å². The second-order valence-corrected chi connectivity index (χ2v) is 5.59. The molecule has 1 rings (SSSR count). The van der Waals surface area contributed by atoms with Gasteiger partial charge in [-0.2, -0.15) is 0 Å². The number of azide groups is 3. The molecule has 0 aromatic rings. The van der Waals surface area contributed by atoms with Crippen LogP contribution in [-0.2, 0) is 0 Å². The van der Waals surface area contributed by atoms with Crippen molar-refractivity contribution in [3.63, 3.8) is 0 Å². The van der Waals surface area contributed by atoms with Crippen LogP contribution in [0.25, 0.3) is 31.3 Å². The normalized spacial score (nSPS) is 31.8. The first kappa shape index (κ1) is 14.7. The van der Waals surface area contributed by atoms with Crippen LogP contribution in [0.15, 0.2) is 15.3 Å². The van der Waals surface area contributed by atoms with Gasteiger partial charge in [-0.25, -0.2) is 0 Å². The van der Waals surface area contributed by atoms with E-state index in [0.717, 1.165) is 6.42 Å². The number of alkyl halides is 1. The average molecular weight is 361 g/mol. The van der Waals surface area contributed by atoms with Crippen LogP contribution in [0.1, 0.15) is 25.7 Å². The number of halogens is 1. The summed E-state index contributed by atoms with van der Waals surface area (Å²) in [5, 5.41) is 11.1. The minimum absolute atomic E-state index is 0.0981. The predicted molar refractivity (Wildman–Crippen MR) is 75.1 cm³/mol. The SMILES string of the molecule is [N-]=[N+]=N[C@H]1CC[C@H](N=[N+]=[N-])[C@@H](I)CC[C@@H]1N=[N+]=[N-]. The molecule has 0 aromatic carbocycles. The molecule has 0 N–H and O–H groups in total. The second-order valence-electron chi connectivity index (χ2n) is 3.99. The van der Waals surface area contributed by atoms with E-state index in [2.05, 4.69) is 52.7 Å². The Morgan fingerprint density at radius 1 is 0.722 bits per heavy atom. The van der Waals surface area contributed by atoms with Gasteiger partial charge in [0.1, 0.15) is 0 Å². The zero-order valence-corrected chi connectivity index (χ0v) is 11.7. The number of hydrogen-bond donors (Lipinski definition) is 0. The van der Waals surface area contributed by atoms with Gasteiger partial charge in [-0.05, 0) is 42.3 Å². The number of rotatable bonds is 3. The van der Waals surface area contributed by atoms with Crippen LogP contribution < -0.4 is 0 Å². The fourth-order valence-corrected chi connectivity index (χ4v) is 2.89. The van der Waals surface area contributed by atoms with Crippen LogP contribution in [0.5, 0.6) is 0 Å². The Bertz CT molecular complexity index is 418. The van der Waals surface area contributed by atoms with Crippen molar-refractivity contribution < 1.29 is 0 Å². The molecule has 96 valence electrons. The molecule has 0 aromatic heterocycles. The van der Waals surface area contributed by atoms with Crippen molar-refractivity contribution in [1.29, 1.82) is 0 Å². The van der Waals surface area contributed by atoms with Crippen LogP contribution in [0.2, 0.25) is 0 Å². The van der Waals surface area contributed by atoms with Crippen molar-refractivity contribution in [2.45, 2.75) is 47.7 Å². The molecule has 1 aliphatic rings. The fraction of sp³-hybridized carbons (Fsp3) is 1.00. The van der Waals surface area contributed by atoms with Gasteiger partial charge in [-0.15, -0.1) is 0 Å². The van der Waals surface area contributed by atoms with Crippen LogP contribution in [0, 0.1) is 0 Å². The third-order valence-electron chi connectivity index (χ3n) is 2.96. The maximum atomic E-state index is 8.53. The van der Waals surface area contributed by atoms with Crippen LogP contribution >= 0.6 is 22.6 Å². The summed E-state index contributed by atoms with van der Waals surface area (Å²) in [4.78, 5) is 8.44. The predicted octanol–water partition coefficient (Wildman–Crippen LogP) is 4.40. The highest BCUT2D eigenvalue weighted by molar-refractivity contribution is 14.1. The maximum Gasteiger partial charge on any atom is 0.0491 e. The number of hydrogen-bond acceptors (Lipinski definition) is 3. The Balaban J connectivity index is 2.86. The molecule has 0 unspecified atom stereocenters. The molecule has 0 spiro atoms. The van der Waals surface area contributed by atoms with E-state index in [1.54, 1.807) is 0 Å². The lowest BCUT2D eigenvalue weighted by Gasteiger charge is -2.27. The molecule has 1 saturated carbocycles. The molecule has 0 bridgehead atoms. The molecule has 0 amide bonds. The first-order chi connectivity index (χ1) is 8.72. The summed E-state index contributed by atoms with van der Waals surface area (Å²) in [6, 6.07) is -0.764. The highest BCUT2D eigenvalue weighted by Crippen LogP contribution is 2.29. The van der Waals surface area contributed by atoms with E-state index in [4.69, 9.17) is 16.6 Å². The van der Waals surface area contributed by atoms with Crippen molar-refractivity contribution in [2.24, 2.45) is 15.3 Å². The Hall–Kier alpha value is -1.34. The molecule has 1 fully saturated rings. The highest BCUT2D eigenvalue weighted by atomic mass is 127. The quantitative estimate of drug-likeness (QED) is 0.230. The average Bonchev–Trinajstić information content (AvgIpc) is 2.36. The summed E-state index contributed by atoms with van der Waals surface area (Å²) in [6.07, 6.45) is 2.61. The summed E-state index contributed by atoms with van der Waals surface area (Å²) in [5.41, 5.74) is 25.6. The lowest BCUT2D eigenvalue weighted by molar-refractivity contribution is 0.387. The zero-order valence-electron chi connectivity index (χ0n) is 9.54. The van der Waals surface area contributed by atoms with E-state index in [0.29, 0.717) is 19.3 Å². The van der Waals surface area contributed by atoms with E-state index in [1.807, 2.05) is 0 Å². The molecule has 9 nitrogen and oxygen atoms in total. The van der Waals surface area contributed by atoms with Crippen LogP contribution in [0.3, 0.4) is 0 Å². The molecule has 1 aliphatic carbocycles. The third kappa shape index (κ3) is 4.15. The Morgan fingerprint density at radius 2 is 1.11 bits per heavy atom. The van der Waals surface area contributed by atoms with E-state index >= 15 is 0 Å². The van der Waals surface area contributed by atoms with E-state index in [1.165, 1.54) is 0 Å². The summed E-state index contributed by atoms with van der Waals surface area (Å²) in [6.45, 7) is 0. The lowest BCUT2D eigenvalue weighted by atomic mass is 9.91. The first-order valence-corrected chi connectivity index (χ1v) is 6.74. The van der Waals surface area contributed by atoms with E-state index in [-0.39, 0.29) is 22.1 Å². The van der Waals surface area contributed by atoms with Gasteiger partial charge < -0.3 is 0 Å². The van der Waals surface area contributed by atoms with Crippen molar-refractivity contribution >= 4 is 22.6 Å². The molecule has 18 heavy (non-hydrogen) atoms. The Morgan fingerprint density at radius 3 is 1.61 bits per heavy atom. The van der Waals surface area contributed by atoms with Gasteiger partial charge in [-0.3, -0.25) is 0 Å². The minimum Gasteiger partial charge on any atom is -0.0902 e. The van der Waals surface area contributed by atoms with E-state index in [9.17, 15) is 0 Å². The van der Waals surface area contributed by atoms with E-state index < -0.39 is 0 Å². The summed E-state index contributed by atoms with van der Waals surface area (Å²) >= 11 is 2.25.